The van der Waals surface area contributed by atoms with Gasteiger partial charge in [-0.05, 0) is 86.7 Å². The second-order valence-electron chi connectivity index (χ2n) is 12.3. The van der Waals surface area contributed by atoms with Gasteiger partial charge in [-0.25, -0.2) is 13.6 Å². The standard InChI is InChI=1S/C32H38N4O7S/c1-19(2)16-27(28(37)34-22-10-12-23(13-11-22)44(33,41)42)35-26(31(40)43-32(3,4)5)14-15-36-29(38)24-17-20-8-6-7-9-21(20)18-25(24)30(36)39/h6-13,17-19,26-27,35H,14-16H2,1-5H3,(H,34,37)(H2,33,41,42)/t26-,27+/m1/s1. The number of hydrogen-bond acceptors (Lipinski definition) is 8. The van der Waals surface area contributed by atoms with Crippen LogP contribution in [0.2, 0.25) is 0 Å². The van der Waals surface area contributed by atoms with Crippen LogP contribution < -0.4 is 15.8 Å². The Balaban J connectivity index is 1.54. The van der Waals surface area contributed by atoms with E-state index in [0.717, 1.165) is 15.7 Å². The van der Waals surface area contributed by atoms with Crippen molar-refractivity contribution in [1.82, 2.24) is 10.2 Å². The molecule has 234 valence electrons. The van der Waals surface area contributed by atoms with Crippen LogP contribution in [0.3, 0.4) is 0 Å². The van der Waals surface area contributed by atoms with Crippen LogP contribution >= 0.6 is 0 Å². The molecule has 0 bridgehead atoms. The summed E-state index contributed by atoms with van der Waals surface area (Å²) in [7, 11) is -3.90. The summed E-state index contributed by atoms with van der Waals surface area (Å²) in [5.41, 5.74) is 0.125. The quantitative estimate of drug-likeness (QED) is 0.214. The van der Waals surface area contributed by atoms with Crippen LogP contribution in [0, 0.1) is 5.92 Å². The fourth-order valence-corrected chi connectivity index (χ4v) is 5.52. The van der Waals surface area contributed by atoms with Crippen molar-refractivity contribution < 1.29 is 32.3 Å². The number of sulfonamides is 1. The van der Waals surface area contributed by atoms with Gasteiger partial charge in [0.05, 0.1) is 22.1 Å². The van der Waals surface area contributed by atoms with Crippen molar-refractivity contribution in [2.75, 3.05) is 11.9 Å². The van der Waals surface area contributed by atoms with E-state index in [1.54, 1.807) is 32.9 Å². The Hall–Kier alpha value is -4.13. The number of esters is 1. The Morgan fingerprint density at radius 1 is 0.909 bits per heavy atom. The number of benzene rings is 3. The number of primary sulfonamides is 1. The number of hydrogen-bond donors (Lipinski definition) is 3. The summed E-state index contributed by atoms with van der Waals surface area (Å²) >= 11 is 0. The van der Waals surface area contributed by atoms with Crippen LogP contribution in [0.4, 0.5) is 5.69 Å². The molecule has 44 heavy (non-hydrogen) atoms. The molecule has 4 N–H and O–H groups in total. The minimum Gasteiger partial charge on any atom is -0.459 e. The van der Waals surface area contributed by atoms with Gasteiger partial charge in [0, 0.05) is 12.2 Å². The van der Waals surface area contributed by atoms with Gasteiger partial charge in [0.2, 0.25) is 15.9 Å². The van der Waals surface area contributed by atoms with Gasteiger partial charge in [-0.1, -0.05) is 38.1 Å². The first kappa shape index (κ1) is 32.8. The average molecular weight is 623 g/mol. The largest absolute Gasteiger partial charge is 0.459 e. The molecule has 2 atom stereocenters. The zero-order valence-corrected chi connectivity index (χ0v) is 26.2. The SMILES string of the molecule is CC(C)C[C@H](N[C@H](CCN1C(=O)c2cc3ccccc3cc2C1=O)C(=O)OC(C)(C)C)C(=O)Nc1ccc(S(N)(=O)=O)cc1. The monoisotopic (exact) mass is 622 g/mol. The molecule has 0 radical (unpaired) electrons. The highest BCUT2D eigenvalue weighted by Gasteiger charge is 2.38. The minimum atomic E-state index is -3.90. The van der Waals surface area contributed by atoms with E-state index in [0.29, 0.717) is 23.2 Å². The predicted octanol–water partition coefficient (Wildman–Crippen LogP) is 3.83. The van der Waals surface area contributed by atoms with Crippen molar-refractivity contribution in [1.29, 1.82) is 0 Å². The van der Waals surface area contributed by atoms with E-state index in [1.807, 2.05) is 38.1 Å². The lowest BCUT2D eigenvalue weighted by atomic mass is 10.0. The molecule has 1 heterocycles. The molecule has 0 unspecified atom stereocenters. The molecule has 3 aromatic carbocycles. The van der Waals surface area contributed by atoms with Crippen molar-refractivity contribution in [3.8, 4) is 0 Å². The number of anilines is 1. The fourth-order valence-electron chi connectivity index (χ4n) is 5.00. The number of rotatable bonds is 11. The van der Waals surface area contributed by atoms with Crippen LogP contribution in [0.5, 0.6) is 0 Å². The molecule has 0 aromatic heterocycles. The normalized spacial score (nSPS) is 14.9. The van der Waals surface area contributed by atoms with Gasteiger partial charge in [0.25, 0.3) is 11.8 Å². The molecule has 0 spiro atoms. The van der Waals surface area contributed by atoms with Gasteiger partial charge in [0.1, 0.15) is 11.6 Å². The lowest BCUT2D eigenvalue weighted by molar-refractivity contribution is -0.158. The van der Waals surface area contributed by atoms with Gasteiger partial charge in [-0.2, -0.15) is 0 Å². The summed E-state index contributed by atoms with van der Waals surface area (Å²) in [5.74, 6) is -1.93. The van der Waals surface area contributed by atoms with E-state index in [1.165, 1.54) is 24.3 Å². The second-order valence-corrected chi connectivity index (χ2v) is 13.9. The first-order valence-electron chi connectivity index (χ1n) is 14.3. The first-order valence-corrected chi connectivity index (χ1v) is 15.9. The Kier molecular flexibility index (Phi) is 9.57. The lowest BCUT2D eigenvalue weighted by Gasteiger charge is -2.29. The molecule has 0 saturated heterocycles. The van der Waals surface area contributed by atoms with Gasteiger partial charge in [0.15, 0.2) is 0 Å². The molecule has 3 amide bonds. The molecular formula is C32H38N4O7S. The molecule has 12 heteroatoms. The summed E-state index contributed by atoms with van der Waals surface area (Å²) in [6, 6.07) is 14.4. The lowest BCUT2D eigenvalue weighted by Crippen LogP contribution is -2.52. The van der Waals surface area contributed by atoms with Crippen molar-refractivity contribution >= 4 is 50.2 Å². The van der Waals surface area contributed by atoms with Crippen LogP contribution in [-0.4, -0.2) is 61.2 Å². The van der Waals surface area contributed by atoms with Crippen LogP contribution in [-0.2, 0) is 24.3 Å². The van der Waals surface area contributed by atoms with Gasteiger partial charge in [-0.15, -0.1) is 0 Å². The number of carbonyl (C=O) groups is 4. The predicted molar refractivity (Wildman–Crippen MR) is 166 cm³/mol. The third-order valence-electron chi connectivity index (χ3n) is 7.05. The van der Waals surface area contributed by atoms with E-state index in [-0.39, 0.29) is 23.8 Å². The maximum absolute atomic E-state index is 13.4. The molecule has 0 saturated carbocycles. The molecular weight excluding hydrogens is 584 g/mol. The molecule has 0 aliphatic carbocycles. The highest BCUT2D eigenvalue weighted by molar-refractivity contribution is 7.89. The van der Waals surface area contributed by atoms with Crippen LogP contribution in [0.1, 0.15) is 68.2 Å². The summed E-state index contributed by atoms with van der Waals surface area (Å²) in [6.07, 6.45) is 0.352. The maximum atomic E-state index is 13.4. The second kappa shape index (κ2) is 12.8. The van der Waals surface area contributed by atoms with Crippen molar-refractivity contribution in [2.45, 2.75) is 70.0 Å². The van der Waals surface area contributed by atoms with Gasteiger partial charge < -0.3 is 10.1 Å². The zero-order chi connectivity index (χ0) is 32.4. The highest BCUT2D eigenvalue weighted by Crippen LogP contribution is 2.28. The summed E-state index contributed by atoms with van der Waals surface area (Å²) in [5, 5.41) is 12.7. The number of ether oxygens (including phenoxy) is 1. The third kappa shape index (κ3) is 7.87. The average Bonchev–Trinajstić information content (AvgIpc) is 3.15. The molecule has 11 nitrogen and oxygen atoms in total. The molecule has 4 rings (SSSR count). The fraction of sp³-hybridized carbons (Fsp3) is 0.375. The van der Waals surface area contributed by atoms with E-state index in [9.17, 15) is 27.6 Å². The van der Waals surface area contributed by atoms with Crippen molar-refractivity contribution in [3.05, 3.63) is 71.8 Å². The Morgan fingerprint density at radius 2 is 1.45 bits per heavy atom. The molecule has 1 aliphatic rings. The number of carbonyl (C=O) groups excluding carboxylic acids is 4. The van der Waals surface area contributed by atoms with E-state index >= 15 is 0 Å². The zero-order valence-electron chi connectivity index (χ0n) is 25.4. The number of nitrogens with two attached hydrogens (primary N) is 1. The topological polar surface area (TPSA) is 165 Å². The third-order valence-corrected chi connectivity index (χ3v) is 7.98. The smallest absolute Gasteiger partial charge is 0.323 e. The van der Waals surface area contributed by atoms with Crippen molar-refractivity contribution in [2.24, 2.45) is 11.1 Å². The first-order chi connectivity index (χ1) is 20.5. The van der Waals surface area contributed by atoms with Crippen LogP contribution in [0.15, 0.2) is 65.6 Å². The summed E-state index contributed by atoms with van der Waals surface area (Å²) < 4.78 is 28.8. The molecule has 0 fully saturated rings. The summed E-state index contributed by atoms with van der Waals surface area (Å²) in [4.78, 5) is 54.4. The number of nitrogens with zero attached hydrogens (tertiary/aromatic N) is 1. The van der Waals surface area contributed by atoms with Crippen LogP contribution in [0.25, 0.3) is 10.8 Å². The van der Waals surface area contributed by atoms with E-state index < -0.39 is 51.4 Å². The number of nitrogens with one attached hydrogen (secondary N) is 2. The van der Waals surface area contributed by atoms with E-state index in [4.69, 9.17) is 9.88 Å². The van der Waals surface area contributed by atoms with E-state index in [2.05, 4.69) is 10.6 Å². The molecule has 3 aromatic rings. The number of imide groups is 1. The van der Waals surface area contributed by atoms with Gasteiger partial charge >= 0.3 is 5.97 Å². The highest BCUT2D eigenvalue weighted by atomic mass is 32.2. The van der Waals surface area contributed by atoms with Gasteiger partial charge in [-0.3, -0.25) is 29.4 Å². The Bertz CT molecular complexity index is 1640. The number of fused-ring (bicyclic) bond motifs is 2. The summed E-state index contributed by atoms with van der Waals surface area (Å²) in [6.45, 7) is 8.94. The Morgan fingerprint density at radius 3 is 1.93 bits per heavy atom. The molecule has 1 aliphatic heterocycles. The Labute approximate surface area is 257 Å². The minimum absolute atomic E-state index is 0.00480. The number of amides is 3. The van der Waals surface area contributed by atoms with Crippen molar-refractivity contribution in [3.63, 3.8) is 0 Å². The maximum Gasteiger partial charge on any atom is 0.323 e.